The lowest BCUT2D eigenvalue weighted by Crippen LogP contribution is -2.33. The highest BCUT2D eigenvalue weighted by molar-refractivity contribution is 6.30. The lowest BCUT2D eigenvalue weighted by molar-refractivity contribution is 0.0976. The van der Waals surface area contributed by atoms with E-state index in [2.05, 4.69) is 20.5 Å². The number of nitrogens with one attached hydrogen (secondary N) is 2. The quantitative estimate of drug-likeness (QED) is 0.392. The second kappa shape index (κ2) is 9.56. The maximum Gasteiger partial charge on any atom is 0.256 e. The average Bonchev–Trinajstić information content (AvgIpc) is 3.41. The molecule has 0 radical (unpaired) electrons. The summed E-state index contributed by atoms with van der Waals surface area (Å²) in [6, 6.07) is 8.72. The van der Waals surface area contributed by atoms with Crippen molar-refractivity contribution in [1.29, 1.82) is 0 Å². The van der Waals surface area contributed by atoms with Gasteiger partial charge in [-0.15, -0.1) is 0 Å². The number of aliphatic imine (C=N–C) groups is 1. The summed E-state index contributed by atoms with van der Waals surface area (Å²) in [5.41, 5.74) is 1.38. The minimum Gasteiger partial charge on any atom is -0.310 e. The number of aromatic amines is 1. The Hall–Kier alpha value is -3.13. The van der Waals surface area contributed by atoms with E-state index in [4.69, 9.17) is 11.6 Å². The molecule has 4 rings (SSSR count). The van der Waals surface area contributed by atoms with E-state index >= 15 is 0 Å². The van der Waals surface area contributed by atoms with Crippen LogP contribution in [0.2, 0.25) is 5.02 Å². The molecule has 0 saturated heterocycles. The summed E-state index contributed by atoms with van der Waals surface area (Å²) in [5, 5.41) is 9.63. The second-order valence-electron chi connectivity index (χ2n) is 7.71. The van der Waals surface area contributed by atoms with Gasteiger partial charge in [-0.2, -0.15) is 5.10 Å². The van der Waals surface area contributed by atoms with Gasteiger partial charge in [0.1, 0.15) is 23.3 Å². The van der Waals surface area contributed by atoms with Crippen LogP contribution in [0.5, 0.6) is 0 Å². The van der Waals surface area contributed by atoms with E-state index in [0.717, 1.165) is 37.8 Å². The number of nitrogens with zero attached hydrogens (tertiary/aromatic N) is 2. The Morgan fingerprint density at radius 3 is 2.50 bits per heavy atom. The lowest BCUT2D eigenvalue weighted by atomic mass is 10.1. The van der Waals surface area contributed by atoms with Crippen molar-refractivity contribution in [2.24, 2.45) is 4.99 Å². The number of carbonyl (C=O) groups is 1. The van der Waals surface area contributed by atoms with E-state index in [0.29, 0.717) is 22.8 Å². The molecule has 5 nitrogen and oxygen atoms in total. The summed E-state index contributed by atoms with van der Waals surface area (Å²) in [4.78, 5) is 17.4. The minimum absolute atomic E-state index is 0.0693. The fourth-order valence-corrected chi connectivity index (χ4v) is 3.82. The highest BCUT2D eigenvalue weighted by atomic mass is 35.5. The number of rotatable bonds is 5. The molecular formula is C23H20ClF3N4O. The molecule has 0 spiro atoms. The molecule has 0 atom stereocenters. The van der Waals surface area contributed by atoms with E-state index in [1.54, 1.807) is 6.07 Å². The van der Waals surface area contributed by atoms with Crippen LogP contribution in [0.4, 0.5) is 13.2 Å². The smallest absolute Gasteiger partial charge is 0.256 e. The molecule has 2 N–H and O–H groups in total. The number of carbonyl (C=O) groups excluding carboxylic acids is 1. The van der Waals surface area contributed by atoms with Crippen LogP contribution in [-0.2, 0) is 6.42 Å². The van der Waals surface area contributed by atoms with E-state index in [-0.39, 0.29) is 23.0 Å². The molecule has 32 heavy (non-hydrogen) atoms. The van der Waals surface area contributed by atoms with Crippen LogP contribution in [0.15, 0.2) is 47.5 Å². The molecule has 1 amide bonds. The van der Waals surface area contributed by atoms with Crippen LogP contribution in [0.25, 0.3) is 11.3 Å². The number of halogens is 4. The third kappa shape index (κ3) is 5.37. The van der Waals surface area contributed by atoms with Crippen molar-refractivity contribution in [2.75, 3.05) is 0 Å². The Bertz CT molecular complexity index is 1150. The number of hydrogen-bond donors (Lipinski definition) is 2. The van der Waals surface area contributed by atoms with E-state index in [1.807, 2.05) is 0 Å². The summed E-state index contributed by atoms with van der Waals surface area (Å²) in [6.45, 7) is 0. The molecule has 1 aliphatic carbocycles. The highest BCUT2D eigenvalue weighted by Gasteiger charge is 2.18. The number of aromatic nitrogens is 2. The first-order valence-electron chi connectivity index (χ1n) is 10.2. The Morgan fingerprint density at radius 2 is 1.81 bits per heavy atom. The predicted octanol–water partition coefficient (Wildman–Crippen LogP) is 5.46. The van der Waals surface area contributed by atoms with Crippen LogP contribution < -0.4 is 5.32 Å². The van der Waals surface area contributed by atoms with Gasteiger partial charge in [0.2, 0.25) is 0 Å². The highest BCUT2D eigenvalue weighted by Crippen LogP contribution is 2.23. The SMILES string of the molecule is O=C(NC(Cc1cc(-c2cc(F)cc(F)c2)n[nH]1)=NC1CCCC1)c1ccc(Cl)c(F)c1. The molecule has 166 valence electrons. The van der Waals surface area contributed by atoms with Gasteiger partial charge in [0.05, 0.1) is 16.8 Å². The second-order valence-corrected chi connectivity index (χ2v) is 8.12. The fourth-order valence-electron chi connectivity index (χ4n) is 3.70. The molecule has 1 fully saturated rings. The zero-order valence-corrected chi connectivity index (χ0v) is 17.7. The normalized spacial score (nSPS) is 14.7. The Kier molecular flexibility index (Phi) is 6.60. The number of H-pyrrole nitrogens is 1. The van der Waals surface area contributed by atoms with Gasteiger partial charge < -0.3 is 5.32 Å². The van der Waals surface area contributed by atoms with Crippen LogP contribution in [0.3, 0.4) is 0 Å². The zero-order valence-electron chi connectivity index (χ0n) is 17.0. The molecule has 1 saturated carbocycles. The molecule has 0 unspecified atom stereocenters. The van der Waals surface area contributed by atoms with Crippen molar-refractivity contribution >= 4 is 23.3 Å². The monoisotopic (exact) mass is 460 g/mol. The van der Waals surface area contributed by atoms with Gasteiger partial charge in [0.15, 0.2) is 0 Å². The van der Waals surface area contributed by atoms with Crippen molar-refractivity contribution in [1.82, 2.24) is 15.5 Å². The zero-order chi connectivity index (χ0) is 22.7. The first-order valence-corrected chi connectivity index (χ1v) is 10.6. The number of amides is 1. The molecule has 3 aromatic rings. The van der Waals surface area contributed by atoms with E-state index < -0.39 is 23.4 Å². The van der Waals surface area contributed by atoms with Crippen molar-refractivity contribution in [3.05, 3.63) is 76.2 Å². The Morgan fingerprint density at radius 1 is 1.09 bits per heavy atom. The molecule has 0 aliphatic heterocycles. The van der Waals surface area contributed by atoms with Gasteiger partial charge in [-0.05, 0) is 49.2 Å². The van der Waals surface area contributed by atoms with Gasteiger partial charge in [-0.3, -0.25) is 14.9 Å². The van der Waals surface area contributed by atoms with Crippen LogP contribution in [0, 0.1) is 17.5 Å². The minimum atomic E-state index is -0.699. The van der Waals surface area contributed by atoms with Gasteiger partial charge in [0.25, 0.3) is 5.91 Å². The summed E-state index contributed by atoms with van der Waals surface area (Å²) in [6.07, 6.45) is 4.19. The van der Waals surface area contributed by atoms with E-state index in [9.17, 15) is 18.0 Å². The number of amidine groups is 1. The van der Waals surface area contributed by atoms with Crippen LogP contribution in [0.1, 0.15) is 41.7 Å². The largest absolute Gasteiger partial charge is 0.310 e. The molecule has 0 bridgehead atoms. The first-order chi connectivity index (χ1) is 15.4. The number of benzene rings is 2. The van der Waals surface area contributed by atoms with Crippen molar-refractivity contribution < 1.29 is 18.0 Å². The third-order valence-corrected chi connectivity index (χ3v) is 5.56. The summed E-state index contributed by atoms with van der Waals surface area (Å²) in [7, 11) is 0. The fraction of sp³-hybridized carbons (Fsp3) is 0.261. The molecular weight excluding hydrogens is 441 g/mol. The summed E-state index contributed by atoms with van der Waals surface area (Å²) >= 11 is 5.70. The van der Waals surface area contributed by atoms with Crippen molar-refractivity contribution in [3.8, 4) is 11.3 Å². The summed E-state index contributed by atoms with van der Waals surface area (Å²) < 4.78 is 40.8. The summed E-state index contributed by atoms with van der Waals surface area (Å²) in [5.74, 6) is -2.19. The van der Waals surface area contributed by atoms with Gasteiger partial charge in [-0.25, -0.2) is 13.2 Å². The Balaban J connectivity index is 1.55. The molecule has 1 aromatic heterocycles. The number of hydrogen-bond acceptors (Lipinski definition) is 3. The molecule has 1 heterocycles. The maximum absolute atomic E-state index is 13.8. The van der Waals surface area contributed by atoms with Crippen molar-refractivity contribution in [3.63, 3.8) is 0 Å². The average molecular weight is 461 g/mol. The van der Waals surface area contributed by atoms with Gasteiger partial charge in [-0.1, -0.05) is 24.4 Å². The molecule has 2 aromatic carbocycles. The standard InChI is InChI=1S/C23H20ClF3N4O/c24-19-6-5-13(9-20(19)27)23(32)29-22(28-17-3-1-2-4-17)12-18-11-21(31-30-18)14-7-15(25)10-16(26)8-14/h5-11,17H,1-4,12H2,(H,30,31)(H,28,29,32). The predicted molar refractivity (Wildman–Crippen MR) is 116 cm³/mol. The first kappa shape index (κ1) is 22.1. The lowest BCUT2D eigenvalue weighted by Gasteiger charge is -2.12. The topological polar surface area (TPSA) is 70.1 Å². The molecule has 1 aliphatic rings. The maximum atomic E-state index is 13.8. The van der Waals surface area contributed by atoms with Gasteiger partial charge in [0, 0.05) is 29.3 Å². The van der Waals surface area contributed by atoms with Gasteiger partial charge >= 0.3 is 0 Å². The van der Waals surface area contributed by atoms with Crippen molar-refractivity contribution in [2.45, 2.75) is 38.1 Å². The molecule has 9 heteroatoms. The van der Waals surface area contributed by atoms with E-state index in [1.165, 1.54) is 24.3 Å². The van der Waals surface area contributed by atoms with Crippen LogP contribution >= 0.6 is 11.6 Å². The van der Waals surface area contributed by atoms with Crippen LogP contribution in [-0.4, -0.2) is 28.0 Å². The Labute approximate surface area is 187 Å². The third-order valence-electron chi connectivity index (χ3n) is 5.25.